The van der Waals surface area contributed by atoms with Gasteiger partial charge in [0.15, 0.2) is 0 Å². The largest absolute Gasteiger partial charge is 0.390 e. The van der Waals surface area contributed by atoms with Crippen molar-refractivity contribution in [1.29, 1.82) is 0 Å². The van der Waals surface area contributed by atoms with E-state index in [1.54, 1.807) is 11.8 Å². The zero-order chi connectivity index (χ0) is 14.8. The van der Waals surface area contributed by atoms with E-state index in [0.29, 0.717) is 6.54 Å². The summed E-state index contributed by atoms with van der Waals surface area (Å²) in [5.74, 6) is 0.957. The molecule has 0 radical (unpaired) electrons. The zero-order valence-electron chi connectivity index (χ0n) is 12.9. The standard InChI is InChI=1S/C17H29NOS/c1-3-9-17(19,10-4-2)11-8-15-6-5-7-16(14-15)20-13-12-18/h5-7,14,19H,3-4,8-13,18H2,1-2H3. The molecule has 3 heteroatoms. The molecular formula is C17H29NOS. The minimum Gasteiger partial charge on any atom is -0.390 e. The lowest BCUT2D eigenvalue weighted by molar-refractivity contribution is 0.0132. The van der Waals surface area contributed by atoms with Crippen molar-refractivity contribution in [3.05, 3.63) is 29.8 Å². The van der Waals surface area contributed by atoms with E-state index < -0.39 is 5.60 Å². The van der Waals surface area contributed by atoms with Gasteiger partial charge in [-0.25, -0.2) is 0 Å². The van der Waals surface area contributed by atoms with Crippen molar-refractivity contribution in [1.82, 2.24) is 0 Å². The summed E-state index contributed by atoms with van der Waals surface area (Å²) < 4.78 is 0. The van der Waals surface area contributed by atoms with Crippen molar-refractivity contribution < 1.29 is 5.11 Å². The number of hydrogen-bond donors (Lipinski definition) is 2. The van der Waals surface area contributed by atoms with E-state index in [1.165, 1.54) is 10.5 Å². The van der Waals surface area contributed by atoms with E-state index in [9.17, 15) is 5.11 Å². The Morgan fingerprint density at radius 3 is 2.45 bits per heavy atom. The third-order valence-corrected chi connectivity index (χ3v) is 4.62. The third-order valence-electron chi connectivity index (χ3n) is 3.59. The van der Waals surface area contributed by atoms with Crippen molar-refractivity contribution >= 4 is 11.8 Å². The molecule has 0 aliphatic heterocycles. The van der Waals surface area contributed by atoms with Crippen LogP contribution in [-0.4, -0.2) is 23.0 Å². The molecule has 0 unspecified atom stereocenters. The normalized spacial score (nSPS) is 11.8. The highest BCUT2D eigenvalue weighted by Crippen LogP contribution is 2.26. The van der Waals surface area contributed by atoms with E-state index in [4.69, 9.17) is 5.73 Å². The van der Waals surface area contributed by atoms with Crippen LogP contribution < -0.4 is 5.73 Å². The van der Waals surface area contributed by atoms with Crippen LogP contribution in [0.25, 0.3) is 0 Å². The van der Waals surface area contributed by atoms with E-state index in [-0.39, 0.29) is 0 Å². The van der Waals surface area contributed by atoms with Crippen molar-refractivity contribution in [2.75, 3.05) is 12.3 Å². The molecular weight excluding hydrogens is 266 g/mol. The average molecular weight is 295 g/mol. The highest BCUT2D eigenvalue weighted by Gasteiger charge is 2.24. The Balaban J connectivity index is 2.58. The summed E-state index contributed by atoms with van der Waals surface area (Å²) >= 11 is 1.80. The Kier molecular flexibility index (Phi) is 8.27. The smallest absolute Gasteiger partial charge is 0.0650 e. The van der Waals surface area contributed by atoms with Gasteiger partial charge in [0.05, 0.1) is 5.60 Å². The summed E-state index contributed by atoms with van der Waals surface area (Å²) in [7, 11) is 0. The summed E-state index contributed by atoms with van der Waals surface area (Å²) in [6.07, 6.45) is 5.71. The van der Waals surface area contributed by atoms with Crippen LogP contribution in [0.5, 0.6) is 0 Å². The van der Waals surface area contributed by atoms with Gasteiger partial charge >= 0.3 is 0 Å². The van der Waals surface area contributed by atoms with E-state index >= 15 is 0 Å². The Morgan fingerprint density at radius 1 is 1.15 bits per heavy atom. The van der Waals surface area contributed by atoms with Crippen molar-refractivity contribution in [2.45, 2.75) is 62.9 Å². The second-order valence-electron chi connectivity index (χ2n) is 5.51. The first kappa shape index (κ1) is 17.5. The van der Waals surface area contributed by atoms with Gasteiger partial charge in [0.2, 0.25) is 0 Å². The number of benzene rings is 1. The molecule has 0 fully saturated rings. The Bertz CT molecular complexity index is 375. The van der Waals surface area contributed by atoms with Gasteiger partial charge in [-0.05, 0) is 43.4 Å². The molecule has 0 saturated carbocycles. The molecule has 0 amide bonds. The van der Waals surface area contributed by atoms with Crippen LogP contribution in [0, 0.1) is 0 Å². The first-order chi connectivity index (χ1) is 9.63. The summed E-state index contributed by atoms with van der Waals surface area (Å²) in [6, 6.07) is 8.63. The molecule has 0 spiro atoms. The maximum Gasteiger partial charge on any atom is 0.0650 e. The van der Waals surface area contributed by atoms with Crippen molar-refractivity contribution in [2.24, 2.45) is 5.73 Å². The molecule has 114 valence electrons. The predicted molar refractivity (Wildman–Crippen MR) is 89.3 cm³/mol. The molecule has 1 aromatic carbocycles. The van der Waals surface area contributed by atoms with Crippen LogP contribution in [0.3, 0.4) is 0 Å². The fraction of sp³-hybridized carbons (Fsp3) is 0.647. The van der Waals surface area contributed by atoms with Gasteiger partial charge in [0.25, 0.3) is 0 Å². The number of aryl methyl sites for hydroxylation is 1. The highest BCUT2D eigenvalue weighted by atomic mass is 32.2. The third kappa shape index (κ3) is 6.29. The summed E-state index contributed by atoms with van der Waals surface area (Å²) in [6.45, 7) is 5.00. The quantitative estimate of drug-likeness (QED) is 0.641. The molecule has 1 aromatic rings. The molecule has 1 rings (SSSR count). The minimum absolute atomic E-state index is 0.482. The molecule has 0 aromatic heterocycles. The number of thioether (sulfide) groups is 1. The topological polar surface area (TPSA) is 46.2 Å². The van der Waals surface area contributed by atoms with E-state index in [2.05, 4.69) is 38.1 Å². The molecule has 20 heavy (non-hydrogen) atoms. The zero-order valence-corrected chi connectivity index (χ0v) is 13.7. The van der Waals surface area contributed by atoms with Gasteiger partial charge in [-0.3, -0.25) is 0 Å². The molecule has 2 nitrogen and oxygen atoms in total. The van der Waals surface area contributed by atoms with Crippen LogP contribution in [0.2, 0.25) is 0 Å². The Morgan fingerprint density at radius 2 is 1.85 bits per heavy atom. The fourth-order valence-corrected chi connectivity index (χ4v) is 3.41. The minimum atomic E-state index is -0.482. The molecule has 0 atom stereocenters. The van der Waals surface area contributed by atoms with Crippen LogP contribution in [0.15, 0.2) is 29.2 Å². The molecule has 3 N–H and O–H groups in total. The first-order valence-corrected chi connectivity index (χ1v) is 8.76. The summed E-state index contributed by atoms with van der Waals surface area (Å²) in [5, 5.41) is 10.7. The Labute approximate surface area is 128 Å². The first-order valence-electron chi connectivity index (χ1n) is 7.77. The van der Waals surface area contributed by atoms with E-state index in [0.717, 1.165) is 44.3 Å². The second-order valence-corrected chi connectivity index (χ2v) is 6.68. The number of aliphatic hydroxyl groups is 1. The predicted octanol–water partition coefficient (Wildman–Crippen LogP) is 4.00. The van der Waals surface area contributed by atoms with Crippen molar-refractivity contribution in [3.8, 4) is 0 Å². The highest BCUT2D eigenvalue weighted by molar-refractivity contribution is 7.99. The monoisotopic (exact) mass is 295 g/mol. The molecule has 0 aliphatic rings. The SMILES string of the molecule is CCCC(O)(CCC)CCc1cccc(SCCN)c1. The molecule has 0 heterocycles. The molecule has 0 aliphatic carbocycles. The number of nitrogens with two attached hydrogens (primary N) is 1. The van der Waals surface area contributed by atoms with Gasteiger partial charge in [-0.1, -0.05) is 38.8 Å². The van der Waals surface area contributed by atoms with Gasteiger partial charge in [0.1, 0.15) is 0 Å². The van der Waals surface area contributed by atoms with Crippen LogP contribution >= 0.6 is 11.8 Å². The molecule has 0 bridgehead atoms. The lowest BCUT2D eigenvalue weighted by atomic mass is 9.87. The van der Waals surface area contributed by atoms with Crippen LogP contribution in [-0.2, 0) is 6.42 Å². The van der Waals surface area contributed by atoms with Gasteiger partial charge < -0.3 is 10.8 Å². The average Bonchev–Trinajstić information content (AvgIpc) is 2.44. The summed E-state index contributed by atoms with van der Waals surface area (Å²) in [4.78, 5) is 1.28. The summed E-state index contributed by atoms with van der Waals surface area (Å²) in [5.41, 5.74) is 6.38. The van der Waals surface area contributed by atoms with E-state index in [1.807, 2.05) is 0 Å². The van der Waals surface area contributed by atoms with Crippen LogP contribution in [0.4, 0.5) is 0 Å². The number of hydrogen-bond acceptors (Lipinski definition) is 3. The van der Waals surface area contributed by atoms with Gasteiger partial charge in [-0.2, -0.15) is 0 Å². The lowest BCUT2D eigenvalue weighted by Gasteiger charge is -2.27. The van der Waals surface area contributed by atoms with Crippen LogP contribution in [0.1, 0.15) is 51.5 Å². The van der Waals surface area contributed by atoms with Crippen molar-refractivity contribution in [3.63, 3.8) is 0 Å². The Hall–Kier alpha value is -0.510. The fourth-order valence-electron chi connectivity index (χ4n) is 2.65. The van der Waals surface area contributed by atoms with Gasteiger partial charge in [-0.15, -0.1) is 11.8 Å². The lowest BCUT2D eigenvalue weighted by Crippen LogP contribution is -2.28. The number of rotatable bonds is 10. The molecule has 0 saturated heterocycles. The second kappa shape index (κ2) is 9.43. The maximum atomic E-state index is 10.7. The maximum absolute atomic E-state index is 10.7. The van der Waals surface area contributed by atoms with Gasteiger partial charge in [0, 0.05) is 17.2 Å².